The number of hydrogen-bond acceptors (Lipinski definition) is 4. The fourth-order valence-corrected chi connectivity index (χ4v) is 2.80. The van der Waals surface area contributed by atoms with Crippen LogP contribution in [0.5, 0.6) is 0 Å². The van der Waals surface area contributed by atoms with Gasteiger partial charge in [0.2, 0.25) is 0 Å². The molecule has 20 heavy (non-hydrogen) atoms. The van der Waals surface area contributed by atoms with E-state index in [-0.39, 0.29) is 12.2 Å². The van der Waals surface area contributed by atoms with E-state index < -0.39 is 25.8 Å². The first kappa shape index (κ1) is 16.8. The Morgan fingerprint density at radius 1 is 1.20 bits per heavy atom. The normalized spacial score (nSPS) is 13.3. The van der Waals surface area contributed by atoms with E-state index in [0.717, 1.165) is 6.07 Å². The molecule has 4 nitrogen and oxygen atoms in total. The molecular weight excluding hydrogens is 295 g/mol. The van der Waals surface area contributed by atoms with Gasteiger partial charge >= 0.3 is 5.51 Å². The average molecular weight is 311 g/mol. The minimum absolute atomic E-state index is 0.0165. The van der Waals surface area contributed by atoms with E-state index in [2.05, 4.69) is 0 Å². The maximum absolute atomic E-state index is 12.6. The van der Waals surface area contributed by atoms with Crippen LogP contribution in [0.3, 0.4) is 0 Å². The molecule has 0 fully saturated rings. The Balaban J connectivity index is 3.33. The van der Waals surface area contributed by atoms with Crippen LogP contribution in [0, 0.1) is 0 Å². The van der Waals surface area contributed by atoms with E-state index in [9.17, 15) is 26.7 Å². The summed E-state index contributed by atoms with van der Waals surface area (Å²) in [6.07, 6.45) is 0. The second-order valence-electron chi connectivity index (χ2n) is 5.09. The molecule has 1 aromatic carbocycles. The summed E-state index contributed by atoms with van der Waals surface area (Å²) in [5.41, 5.74) is -6.64. The van der Waals surface area contributed by atoms with Crippen LogP contribution in [0.4, 0.5) is 18.9 Å². The lowest BCUT2D eigenvalue weighted by Gasteiger charge is -2.28. The molecule has 0 atom stereocenters. The van der Waals surface area contributed by atoms with Gasteiger partial charge in [0.05, 0.1) is 16.2 Å². The minimum atomic E-state index is -5.43. The van der Waals surface area contributed by atoms with Crippen LogP contribution in [0.25, 0.3) is 0 Å². The zero-order valence-electron chi connectivity index (χ0n) is 11.3. The average Bonchev–Trinajstić information content (AvgIpc) is 2.25. The summed E-state index contributed by atoms with van der Waals surface area (Å²) in [4.78, 5) is 0.456. The van der Waals surface area contributed by atoms with Gasteiger partial charge in [-0.2, -0.15) is 13.2 Å². The Hall–Kier alpha value is -1.28. The number of halogens is 3. The summed E-state index contributed by atoms with van der Waals surface area (Å²) >= 11 is 0. The van der Waals surface area contributed by atoms with Gasteiger partial charge in [-0.15, -0.1) is 0 Å². The number of benzene rings is 1. The lowest BCUT2D eigenvalue weighted by atomic mass is 10.1. The van der Waals surface area contributed by atoms with Gasteiger partial charge in [-0.05, 0) is 26.0 Å². The summed E-state index contributed by atoms with van der Waals surface area (Å²) in [5, 5.41) is 9.69. The van der Waals surface area contributed by atoms with Crippen LogP contribution in [0.2, 0.25) is 0 Å². The third-order valence-corrected chi connectivity index (χ3v) is 4.03. The first-order valence-corrected chi connectivity index (χ1v) is 7.18. The molecular formula is C12H16F3NO3S. The Morgan fingerprint density at radius 3 is 2.15 bits per heavy atom. The Bertz CT molecular complexity index is 576. The quantitative estimate of drug-likeness (QED) is 0.926. The topological polar surface area (TPSA) is 57.6 Å². The van der Waals surface area contributed by atoms with Crippen LogP contribution >= 0.6 is 0 Å². The molecule has 114 valence electrons. The standard InChI is InChI=1S/C12H16F3NO3S/c1-11(2,17)8-16(3)9-6-4-5-7-10(9)20(18,19)12(13,14)15/h4-7,17H,8H2,1-3H3. The number of rotatable bonds is 4. The third-order valence-electron chi connectivity index (χ3n) is 2.49. The molecule has 0 aliphatic rings. The summed E-state index contributed by atoms with van der Waals surface area (Å²) in [7, 11) is -4.01. The van der Waals surface area contributed by atoms with E-state index in [4.69, 9.17) is 0 Å². The SMILES string of the molecule is CN(CC(C)(C)O)c1ccccc1S(=O)(=O)C(F)(F)F. The summed E-state index contributed by atoms with van der Waals surface area (Å²) in [5.74, 6) is 0. The molecule has 0 aliphatic carbocycles. The summed E-state index contributed by atoms with van der Waals surface area (Å²) in [6, 6.07) is 4.83. The zero-order valence-corrected chi connectivity index (χ0v) is 12.1. The van der Waals surface area contributed by atoms with Gasteiger partial charge in [-0.1, -0.05) is 12.1 Å². The first-order valence-electron chi connectivity index (χ1n) is 5.70. The number of alkyl halides is 3. The lowest BCUT2D eigenvalue weighted by molar-refractivity contribution is -0.0435. The van der Waals surface area contributed by atoms with Crippen molar-refractivity contribution >= 4 is 15.5 Å². The number of anilines is 1. The molecule has 0 aliphatic heterocycles. The number of hydrogen-bond donors (Lipinski definition) is 1. The maximum atomic E-state index is 12.6. The Morgan fingerprint density at radius 2 is 1.70 bits per heavy atom. The van der Waals surface area contributed by atoms with Gasteiger partial charge in [0.25, 0.3) is 9.84 Å². The second kappa shape index (κ2) is 5.25. The molecule has 0 amide bonds. The monoisotopic (exact) mass is 311 g/mol. The molecule has 0 bridgehead atoms. The van der Waals surface area contributed by atoms with Crippen molar-refractivity contribution in [2.45, 2.75) is 29.9 Å². The minimum Gasteiger partial charge on any atom is -0.389 e. The highest BCUT2D eigenvalue weighted by Crippen LogP contribution is 2.35. The van der Waals surface area contributed by atoms with Crippen molar-refractivity contribution in [3.8, 4) is 0 Å². The molecule has 0 spiro atoms. The molecule has 0 saturated heterocycles. The van der Waals surface area contributed by atoms with Crippen LogP contribution < -0.4 is 4.90 Å². The fourth-order valence-electron chi connectivity index (χ4n) is 1.79. The molecule has 0 unspecified atom stereocenters. The van der Waals surface area contributed by atoms with Gasteiger partial charge in [0.1, 0.15) is 0 Å². The Labute approximate surface area is 115 Å². The van der Waals surface area contributed by atoms with Crippen molar-refractivity contribution in [1.82, 2.24) is 0 Å². The van der Waals surface area contributed by atoms with Gasteiger partial charge in [0.15, 0.2) is 0 Å². The number of nitrogens with zero attached hydrogens (tertiary/aromatic N) is 1. The predicted molar refractivity (Wildman–Crippen MR) is 69.3 cm³/mol. The van der Waals surface area contributed by atoms with Crippen molar-refractivity contribution in [3.05, 3.63) is 24.3 Å². The lowest BCUT2D eigenvalue weighted by Crippen LogP contribution is -2.37. The number of aliphatic hydroxyl groups is 1. The predicted octanol–water partition coefficient (Wildman–Crippen LogP) is 2.19. The van der Waals surface area contributed by atoms with Crippen molar-refractivity contribution < 1.29 is 26.7 Å². The third kappa shape index (κ3) is 3.63. The Kier molecular flexibility index (Phi) is 4.40. The van der Waals surface area contributed by atoms with E-state index in [1.807, 2.05) is 0 Å². The molecule has 8 heteroatoms. The van der Waals surface area contributed by atoms with Crippen molar-refractivity contribution in [3.63, 3.8) is 0 Å². The van der Waals surface area contributed by atoms with Crippen LogP contribution in [-0.2, 0) is 9.84 Å². The molecule has 1 rings (SSSR count). The van der Waals surface area contributed by atoms with Crippen LogP contribution in [0.15, 0.2) is 29.2 Å². The molecule has 1 N–H and O–H groups in total. The largest absolute Gasteiger partial charge is 0.501 e. The number of sulfone groups is 1. The van der Waals surface area contributed by atoms with Gasteiger partial charge in [-0.3, -0.25) is 0 Å². The number of para-hydroxylation sites is 1. The highest BCUT2D eigenvalue weighted by molar-refractivity contribution is 7.92. The summed E-state index contributed by atoms with van der Waals surface area (Å²) < 4.78 is 61.0. The fraction of sp³-hybridized carbons (Fsp3) is 0.500. The highest BCUT2D eigenvalue weighted by Gasteiger charge is 2.48. The second-order valence-corrected chi connectivity index (χ2v) is 7.00. The van der Waals surface area contributed by atoms with E-state index in [1.165, 1.54) is 44.0 Å². The van der Waals surface area contributed by atoms with Crippen molar-refractivity contribution in [1.29, 1.82) is 0 Å². The molecule has 0 radical (unpaired) electrons. The zero-order chi connectivity index (χ0) is 15.8. The van der Waals surface area contributed by atoms with Gasteiger partial charge in [0, 0.05) is 13.6 Å². The van der Waals surface area contributed by atoms with Gasteiger partial charge in [-0.25, -0.2) is 8.42 Å². The summed E-state index contributed by atoms with van der Waals surface area (Å²) in [6.45, 7) is 2.94. The van der Waals surface area contributed by atoms with Gasteiger partial charge < -0.3 is 10.0 Å². The first-order chi connectivity index (χ1) is 8.86. The molecule has 1 aromatic rings. The number of likely N-dealkylation sites (N-methyl/N-ethyl adjacent to an activating group) is 1. The van der Waals surface area contributed by atoms with E-state index in [1.54, 1.807) is 0 Å². The highest BCUT2D eigenvalue weighted by atomic mass is 32.2. The smallest absolute Gasteiger partial charge is 0.389 e. The molecule has 0 aromatic heterocycles. The molecule has 0 saturated carbocycles. The van der Waals surface area contributed by atoms with Crippen LogP contribution in [0.1, 0.15) is 13.8 Å². The van der Waals surface area contributed by atoms with E-state index in [0.29, 0.717) is 0 Å². The van der Waals surface area contributed by atoms with Crippen molar-refractivity contribution in [2.75, 3.05) is 18.5 Å². The maximum Gasteiger partial charge on any atom is 0.501 e. The van der Waals surface area contributed by atoms with Crippen molar-refractivity contribution in [2.24, 2.45) is 0 Å². The molecule has 0 heterocycles. The van der Waals surface area contributed by atoms with E-state index >= 15 is 0 Å². The van der Waals surface area contributed by atoms with Crippen LogP contribution in [-0.4, -0.2) is 38.2 Å².